The highest BCUT2D eigenvalue weighted by molar-refractivity contribution is 5.78. The van der Waals surface area contributed by atoms with Crippen molar-refractivity contribution in [3.05, 3.63) is 11.9 Å². The molecular weight excluding hydrogens is 250 g/mol. The fourth-order valence-corrected chi connectivity index (χ4v) is 1.88. The van der Waals surface area contributed by atoms with Crippen molar-refractivity contribution in [1.82, 2.24) is 25.2 Å². The molecule has 1 aliphatic rings. The molecule has 0 saturated carbocycles. The third-order valence-corrected chi connectivity index (χ3v) is 2.69. The molecule has 0 atom stereocenters. The fraction of sp³-hybridized carbons (Fsp3) is 0.636. The van der Waals surface area contributed by atoms with E-state index in [2.05, 4.69) is 15.6 Å². The second kappa shape index (κ2) is 6.28. The average molecular weight is 267 g/mol. The normalized spacial score (nSPS) is 16.2. The molecule has 2 rings (SSSR count). The van der Waals surface area contributed by atoms with Crippen LogP contribution < -0.4 is 5.32 Å². The molecule has 0 spiro atoms. The first-order valence-corrected chi connectivity index (χ1v) is 6.21. The number of rotatable bonds is 5. The van der Waals surface area contributed by atoms with E-state index in [1.54, 1.807) is 13.1 Å². The number of carbonyl (C=O) groups excluding carboxylic acids is 2. The number of hydrogen-bond donors (Lipinski definition) is 1. The Labute approximate surface area is 110 Å². The van der Waals surface area contributed by atoms with Crippen molar-refractivity contribution >= 4 is 11.9 Å². The van der Waals surface area contributed by atoms with Gasteiger partial charge in [-0.3, -0.25) is 14.5 Å². The average Bonchev–Trinajstić information content (AvgIpc) is 2.76. The highest BCUT2D eigenvalue weighted by Gasteiger charge is 2.17. The van der Waals surface area contributed by atoms with E-state index in [1.165, 1.54) is 4.68 Å². The van der Waals surface area contributed by atoms with Gasteiger partial charge in [0, 0.05) is 19.6 Å². The van der Waals surface area contributed by atoms with Crippen LogP contribution in [0.1, 0.15) is 12.6 Å². The topological polar surface area (TPSA) is 89.4 Å². The first-order chi connectivity index (χ1) is 9.17. The quantitative estimate of drug-likeness (QED) is 0.672. The summed E-state index contributed by atoms with van der Waals surface area (Å²) in [6, 6.07) is 0. The Balaban J connectivity index is 1.86. The zero-order valence-corrected chi connectivity index (χ0v) is 10.8. The molecule has 0 aromatic carbocycles. The smallest absolute Gasteiger partial charge is 0.327 e. The number of nitrogens with zero attached hydrogens (tertiary/aromatic N) is 4. The van der Waals surface area contributed by atoms with Crippen LogP contribution in [0.2, 0.25) is 0 Å². The summed E-state index contributed by atoms with van der Waals surface area (Å²) in [6.45, 7) is 4.52. The summed E-state index contributed by atoms with van der Waals surface area (Å²) in [6.07, 6.45) is 1.70. The first-order valence-electron chi connectivity index (χ1n) is 6.21. The standard InChI is InChI=1S/C11H17N5O3/c1-2-19-11(18)8-16-6-9(13-14-16)5-15-4-3-12-10(17)7-15/h6H,2-5,7-8H2,1H3,(H,12,17). The number of hydrogen-bond acceptors (Lipinski definition) is 6. The van der Waals surface area contributed by atoms with Gasteiger partial charge in [-0.2, -0.15) is 0 Å². The Bertz CT molecular complexity index is 459. The lowest BCUT2D eigenvalue weighted by Crippen LogP contribution is -2.47. The second-order valence-corrected chi connectivity index (χ2v) is 4.27. The van der Waals surface area contributed by atoms with Crippen molar-refractivity contribution in [3.63, 3.8) is 0 Å². The molecule has 1 aromatic heterocycles. The molecule has 1 fully saturated rings. The van der Waals surface area contributed by atoms with Gasteiger partial charge in [-0.1, -0.05) is 5.21 Å². The molecule has 1 aromatic rings. The number of aromatic nitrogens is 3. The maximum atomic E-state index is 11.3. The minimum atomic E-state index is -0.337. The van der Waals surface area contributed by atoms with Gasteiger partial charge < -0.3 is 10.1 Å². The summed E-state index contributed by atoms with van der Waals surface area (Å²) < 4.78 is 6.27. The maximum Gasteiger partial charge on any atom is 0.327 e. The summed E-state index contributed by atoms with van der Waals surface area (Å²) >= 11 is 0. The van der Waals surface area contributed by atoms with E-state index < -0.39 is 0 Å². The van der Waals surface area contributed by atoms with Gasteiger partial charge in [-0.15, -0.1) is 5.10 Å². The van der Waals surface area contributed by atoms with Crippen LogP contribution in [0.15, 0.2) is 6.20 Å². The van der Waals surface area contributed by atoms with Gasteiger partial charge in [-0.05, 0) is 6.92 Å². The summed E-state index contributed by atoms with van der Waals surface area (Å²) in [5, 5.41) is 10.6. The Kier molecular flexibility index (Phi) is 4.45. The predicted molar refractivity (Wildman–Crippen MR) is 64.9 cm³/mol. The minimum Gasteiger partial charge on any atom is -0.465 e. The van der Waals surface area contributed by atoms with Crippen LogP contribution in [-0.4, -0.2) is 58.0 Å². The number of nitrogens with one attached hydrogen (secondary N) is 1. The van der Waals surface area contributed by atoms with Crippen molar-refractivity contribution in [2.24, 2.45) is 0 Å². The maximum absolute atomic E-state index is 11.3. The number of piperazine rings is 1. The monoisotopic (exact) mass is 267 g/mol. The minimum absolute atomic E-state index is 0.0187. The lowest BCUT2D eigenvalue weighted by molar-refractivity contribution is -0.144. The number of amides is 1. The van der Waals surface area contributed by atoms with E-state index in [0.717, 1.165) is 12.2 Å². The molecule has 8 nitrogen and oxygen atoms in total. The summed E-state index contributed by atoms with van der Waals surface area (Å²) in [5.41, 5.74) is 0.735. The molecule has 1 saturated heterocycles. The van der Waals surface area contributed by atoms with E-state index in [9.17, 15) is 9.59 Å². The van der Waals surface area contributed by atoms with Gasteiger partial charge in [0.15, 0.2) is 0 Å². The van der Waals surface area contributed by atoms with Gasteiger partial charge in [0.1, 0.15) is 6.54 Å². The van der Waals surface area contributed by atoms with Gasteiger partial charge in [-0.25, -0.2) is 4.68 Å². The molecule has 0 bridgehead atoms. The Hall–Kier alpha value is -1.96. The van der Waals surface area contributed by atoms with Gasteiger partial charge in [0.25, 0.3) is 0 Å². The molecule has 1 aliphatic heterocycles. The molecule has 0 unspecified atom stereocenters. The molecule has 19 heavy (non-hydrogen) atoms. The molecular formula is C11H17N5O3. The molecule has 104 valence electrons. The van der Waals surface area contributed by atoms with Crippen LogP contribution in [0.3, 0.4) is 0 Å². The fourth-order valence-electron chi connectivity index (χ4n) is 1.88. The van der Waals surface area contributed by atoms with Crippen LogP contribution in [0.4, 0.5) is 0 Å². The number of ether oxygens (including phenoxy) is 1. The Morgan fingerprint density at radius 1 is 1.58 bits per heavy atom. The molecule has 1 amide bonds. The molecule has 2 heterocycles. The molecule has 0 radical (unpaired) electrons. The number of esters is 1. The summed E-state index contributed by atoms with van der Waals surface area (Å²) in [7, 11) is 0. The lowest BCUT2D eigenvalue weighted by atomic mass is 10.3. The van der Waals surface area contributed by atoms with E-state index in [0.29, 0.717) is 26.2 Å². The van der Waals surface area contributed by atoms with Crippen molar-refractivity contribution in [1.29, 1.82) is 0 Å². The summed E-state index contributed by atoms with van der Waals surface area (Å²) in [4.78, 5) is 24.5. The van der Waals surface area contributed by atoms with Crippen molar-refractivity contribution in [2.45, 2.75) is 20.0 Å². The highest BCUT2D eigenvalue weighted by Crippen LogP contribution is 2.02. The van der Waals surface area contributed by atoms with E-state index in [-0.39, 0.29) is 18.4 Å². The largest absolute Gasteiger partial charge is 0.465 e. The second-order valence-electron chi connectivity index (χ2n) is 4.27. The van der Waals surface area contributed by atoms with E-state index >= 15 is 0 Å². The zero-order valence-electron chi connectivity index (χ0n) is 10.8. The third-order valence-electron chi connectivity index (χ3n) is 2.69. The van der Waals surface area contributed by atoms with Crippen LogP contribution in [0.5, 0.6) is 0 Å². The van der Waals surface area contributed by atoms with Crippen LogP contribution >= 0.6 is 0 Å². The lowest BCUT2D eigenvalue weighted by Gasteiger charge is -2.25. The molecule has 1 N–H and O–H groups in total. The van der Waals surface area contributed by atoms with Crippen LogP contribution in [-0.2, 0) is 27.4 Å². The highest BCUT2D eigenvalue weighted by atomic mass is 16.5. The number of carbonyl (C=O) groups is 2. The van der Waals surface area contributed by atoms with Gasteiger partial charge in [0.05, 0.1) is 25.0 Å². The van der Waals surface area contributed by atoms with E-state index in [1.807, 2.05) is 4.90 Å². The van der Waals surface area contributed by atoms with Crippen LogP contribution in [0.25, 0.3) is 0 Å². The van der Waals surface area contributed by atoms with Gasteiger partial charge >= 0.3 is 5.97 Å². The molecule has 8 heteroatoms. The Morgan fingerprint density at radius 3 is 3.16 bits per heavy atom. The summed E-state index contributed by atoms with van der Waals surface area (Å²) in [5.74, 6) is -0.318. The van der Waals surface area contributed by atoms with Crippen molar-refractivity contribution in [3.8, 4) is 0 Å². The molecule has 0 aliphatic carbocycles. The van der Waals surface area contributed by atoms with Crippen molar-refractivity contribution in [2.75, 3.05) is 26.2 Å². The predicted octanol–water partition coefficient (Wildman–Crippen LogP) is -1.23. The Morgan fingerprint density at radius 2 is 2.42 bits per heavy atom. The third kappa shape index (κ3) is 4.02. The first kappa shape index (κ1) is 13.5. The van der Waals surface area contributed by atoms with Crippen molar-refractivity contribution < 1.29 is 14.3 Å². The zero-order chi connectivity index (χ0) is 13.7. The van der Waals surface area contributed by atoms with Crippen LogP contribution in [0, 0.1) is 0 Å². The SMILES string of the molecule is CCOC(=O)Cn1cc(CN2CCNC(=O)C2)nn1. The van der Waals surface area contributed by atoms with Gasteiger partial charge in [0.2, 0.25) is 5.91 Å². The van der Waals surface area contributed by atoms with E-state index in [4.69, 9.17) is 4.74 Å².